The Balaban J connectivity index is 1.58. The van der Waals surface area contributed by atoms with E-state index in [0.717, 1.165) is 48.9 Å². The van der Waals surface area contributed by atoms with Gasteiger partial charge in [0, 0.05) is 6.42 Å². The van der Waals surface area contributed by atoms with Crippen molar-refractivity contribution in [1.29, 1.82) is 5.26 Å². The van der Waals surface area contributed by atoms with Gasteiger partial charge < -0.3 is 0 Å². The van der Waals surface area contributed by atoms with Gasteiger partial charge in [-0.3, -0.25) is 4.79 Å². The molecule has 0 spiro atoms. The van der Waals surface area contributed by atoms with E-state index in [1.165, 1.54) is 37.7 Å². The Morgan fingerprint density at radius 3 is 2.77 bits per heavy atom. The van der Waals surface area contributed by atoms with Gasteiger partial charge in [0.15, 0.2) is 5.78 Å². The lowest BCUT2D eigenvalue weighted by Gasteiger charge is -2.59. The molecule has 5 aliphatic carbocycles. The number of carbonyl (C=O) groups excluding carboxylic acids is 1. The maximum absolute atomic E-state index is 12.0. The van der Waals surface area contributed by atoms with E-state index >= 15 is 0 Å². The maximum Gasteiger partial charge on any atom is 0.155 e. The molecule has 9 atom stereocenters. The lowest BCUT2D eigenvalue weighted by Crippen LogP contribution is -2.54. The van der Waals surface area contributed by atoms with Crippen LogP contribution in [0.3, 0.4) is 0 Å². The zero-order chi connectivity index (χ0) is 18.3. The van der Waals surface area contributed by atoms with Crippen LogP contribution in [0.2, 0.25) is 0 Å². The molecule has 26 heavy (non-hydrogen) atoms. The zero-order valence-electron chi connectivity index (χ0n) is 16.6. The summed E-state index contributed by atoms with van der Waals surface area (Å²) in [5, 5.41) is 10.2. The van der Waals surface area contributed by atoms with Crippen molar-refractivity contribution in [3.63, 3.8) is 0 Å². The van der Waals surface area contributed by atoms with E-state index in [1.54, 1.807) is 0 Å². The lowest BCUT2D eigenvalue weighted by atomic mass is 9.44. The Labute approximate surface area is 158 Å². The van der Waals surface area contributed by atoms with Gasteiger partial charge in [0.1, 0.15) is 0 Å². The molecule has 0 aromatic carbocycles. The zero-order valence-corrected chi connectivity index (χ0v) is 16.6. The summed E-state index contributed by atoms with van der Waals surface area (Å²) in [4.78, 5) is 12.0. The molecule has 0 amide bonds. The fraction of sp³-hybridized carbons (Fsp3) is 0.833. The third-order valence-corrected chi connectivity index (χ3v) is 10.0. The minimum Gasteiger partial charge on any atom is -0.295 e. The average Bonchev–Trinajstić information content (AvgIpc) is 3.42. The standard InChI is InChI=1S/C24H33NO/c1-4-14-10-15-11-16(26)6-7-17(15)18-8-9-24(5-2)22(21(14)18)19-12-20(19)23(24,3)13-25/h11,14,17-22H,4-10,12H2,1-3H3/t14-,17+,18-,19-,20+,21-,22+,23?,24+/m1/s1. The summed E-state index contributed by atoms with van der Waals surface area (Å²) >= 11 is 0. The molecule has 4 fully saturated rings. The van der Waals surface area contributed by atoms with Gasteiger partial charge in [0.25, 0.3) is 0 Å². The summed E-state index contributed by atoms with van der Waals surface area (Å²) in [6.45, 7) is 7.04. The molecular formula is C24H33NO. The minimum absolute atomic E-state index is 0.0982. The second kappa shape index (κ2) is 5.46. The molecule has 2 heteroatoms. The van der Waals surface area contributed by atoms with Crippen molar-refractivity contribution < 1.29 is 4.79 Å². The Morgan fingerprint density at radius 2 is 2.08 bits per heavy atom. The number of nitrogens with zero attached hydrogens (tertiary/aromatic N) is 1. The molecule has 5 rings (SSSR count). The van der Waals surface area contributed by atoms with E-state index in [9.17, 15) is 10.1 Å². The van der Waals surface area contributed by atoms with Crippen LogP contribution in [0.25, 0.3) is 0 Å². The van der Waals surface area contributed by atoms with Crippen molar-refractivity contribution in [3.8, 4) is 6.07 Å². The molecule has 0 radical (unpaired) electrons. The van der Waals surface area contributed by atoms with E-state index in [-0.39, 0.29) is 10.8 Å². The first-order chi connectivity index (χ1) is 12.5. The number of rotatable bonds is 2. The van der Waals surface area contributed by atoms with Crippen LogP contribution in [-0.4, -0.2) is 5.78 Å². The summed E-state index contributed by atoms with van der Waals surface area (Å²) in [6.07, 6.45) is 11.3. The molecule has 0 heterocycles. The average molecular weight is 352 g/mol. The van der Waals surface area contributed by atoms with Crippen molar-refractivity contribution in [2.45, 2.75) is 72.1 Å². The number of fused-ring (bicyclic) bond motifs is 7. The molecular weight excluding hydrogens is 318 g/mol. The first-order valence-electron chi connectivity index (χ1n) is 11.1. The van der Waals surface area contributed by atoms with Gasteiger partial charge in [0.05, 0.1) is 11.5 Å². The predicted octanol–water partition coefficient (Wildman–Crippen LogP) is 5.54. The number of nitriles is 1. The van der Waals surface area contributed by atoms with E-state index < -0.39 is 0 Å². The minimum atomic E-state index is -0.0982. The third-order valence-electron chi connectivity index (χ3n) is 10.0. The monoisotopic (exact) mass is 351 g/mol. The molecule has 140 valence electrons. The van der Waals surface area contributed by atoms with Crippen LogP contribution < -0.4 is 0 Å². The van der Waals surface area contributed by atoms with Crippen molar-refractivity contribution in [2.24, 2.45) is 52.3 Å². The first-order valence-corrected chi connectivity index (χ1v) is 11.1. The molecule has 0 aliphatic heterocycles. The van der Waals surface area contributed by atoms with E-state index in [1.807, 2.05) is 6.08 Å². The smallest absolute Gasteiger partial charge is 0.155 e. The van der Waals surface area contributed by atoms with Gasteiger partial charge in [-0.05, 0) is 98.4 Å². The van der Waals surface area contributed by atoms with Gasteiger partial charge in [0.2, 0.25) is 0 Å². The largest absolute Gasteiger partial charge is 0.295 e. The second-order valence-corrected chi connectivity index (χ2v) is 10.3. The van der Waals surface area contributed by atoms with E-state index in [2.05, 4.69) is 26.8 Å². The highest BCUT2D eigenvalue weighted by Crippen LogP contribution is 2.80. The van der Waals surface area contributed by atoms with Gasteiger partial charge in [-0.15, -0.1) is 0 Å². The number of carbonyl (C=O) groups is 1. The van der Waals surface area contributed by atoms with Crippen LogP contribution in [0.15, 0.2) is 11.6 Å². The van der Waals surface area contributed by atoms with Crippen LogP contribution in [-0.2, 0) is 4.79 Å². The fourth-order valence-corrected chi connectivity index (χ4v) is 8.87. The Bertz CT molecular complexity index is 716. The Kier molecular flexibility index (Phi) is 3.58. The quantitative estimate of drug-likeness (QED) is 0.655. The molecule has 4 saturated carbocycles. The number of ketones is 1. The van der Waals surface area contributed by atoms with Gasteiger partial charge in [-0.1, -0.05) is 25.8 Å². The van der Waals surface area contributed by atoms with Crippen molar-refractivity contribution >= 4 is 5.78 Å². The fourth-order valence-electron chi connectivity index (χ4n) is 8.87. The predicted molar refractivity (Wildman–Crippen MR) is 102 cm³/mol. The third kappa shape index (κ3) is 1.86. The molecule has 0 bridgehead atoms. The SMILES string of the molecule is CC[C@@H]1CC2=CC(=O)CC[C@@H]2[C@H]2CC[C@@]3(CC)[C@@H]([C@@H]4C[C@@H]4C3(C)C#N)[C@H]12. The normalized spacial score (nSPS) is 54.3. The highest BCUT2D eigenvalue weighted by molar-refractivity contribution is 5.91. The molecule has 5 aliphatic rings. The summed E-state index contributed by atoms with van der Waals surface area (Å²) in [5.74, 6) is 5.59. The van der Waals surface area contributed by atoms with Gasteiger partial charge in [-0.2, -0.15) is 5.26 Å². The molecule has 0 saturated heterocycles. The number of allylic oxidation sites excluding steroid dienone is 1. The van der Waals surface area contributed by atoms with E-state index in [4.69, 9.17) is 0 Å². The van der Waals surface area contributed by atoms with Crippen molar-refractivity contribution in [1.82, 2.24) is 0 Å². The van der Waals surface area contributed by atoms with E-state index in [0.29, 0.717) is 17.6 Å². The summed E-state index contributed by atoms with van der Waals surface area (Å²) in [5.41, 5.74) is 1.65. The highest BCUT2D eigenvalue weighted by Gasteiger charge is 2.76. The van der Waals surface area contributed by atoms with Crippen LogP contribution in [0.5, 0.6) is 0 Å². The van der Waals surface area contributed by atoms with Crippen molar-refractivity contribution in [3.05, 3.63) is 11.6 Å². The summed E-state index contributed by atoms with van der Waals surface area (Å²) in [7, 11) is 0. The Hall–Kier alpha value is -1.10. The molecule has 1 unspecified atom stereocenters. The van der Waals surface area contributed by atoms with Crippen LogP contribution in [0.4, 0.5) is 0 Å². The summed E-state index contributed by atoms with van der Waals surface area (Å²) < 4.78 is 0. The van der Waals surface area contributed by atoms with Crippen LogP contribution in [0.1, 0.15) is 72.1 Å². The summed E-state index contributed by atoms with van der Waals surface area (Å²) in [6, 6.07) is 2.86. The molecule has 0 aromatic rings. The first kappa shape index (κ1) is 17.0. The van der Waals surface area contributed by atoms with Crippen LogP contribution in [0, 0.1) is 63.6 Å². The highest BCUT2D eigenvalue weighted by atomic mass is 16.1. The topological polar surface area (TPSA) is 40.9 Å². The van der Waals surface area contributed by atoms with Gasteiger partial charge in [-0.25, -0.2) is 0 Å². The van der Waals surface area contributed by atoms with Crippen LogP contribution >= 0.6 is 0 Å². The molecule has 0 aromatic heterocycles. The molecule has 2 nitrogen and oxygen atoms in total. The van der Waals surface area contributed by atoms with Gasteiger partial charge >= 0.3 is 0 Å². The lowest BCUT2D eigenvalue weighted by molar-refractivity contribution is -0.117. The number of hydrogen-bond acceptors (Lipinski definition) is 2. The maximum atomic E-state index is 12.0. The van der Waals surface area contributed by atoms with Crippen molar-refractivity contribution in [2.75, 3.05) is 0 Å². The number of hydrogen-bond donors (Lipinski definition) is 0. The second-order valence-electron chi connectivity index (χ2n) is 10.3. The molecule has 0 N–H and O–H groups in total. The Morgan fingerprint density at radius 1 is 1.27 bits per heavy atom.